The minimum Gasteiger partial charge on any atom is -0.314 e. The molecule has 1 fully saturated rings. The Hall–Kier alpha value is 0.0600. The summed E-state index contributed by atoms with van der Waals surface area (Å²) in [5.74, 6) is 0. The Labute approximate surface area is 116 Å². The van der Waals surface area contributed by atoms with Crippen LogP contribution in [0.3, 0.4) is 0 Å². The van der Waals surface area contributed by atoms with Crippen LogP contribution >= 0.6 is 27.3 Å². The lowest BCUT2D eigenvalue weighted by Crippen LogP contribution is -2.45. The zero-order valence-corrected chi connectivity index (χ0v) is 12.7. The third-order valence-electron chi connectivity index (χ3n) is 3.06. The van der Waals surface area contributed by atoms with Gasteiger partial charge in [-0.05, 0) is 29.0 Å². The molecule has 0 atom stereocenters. The second-order valence-corrected chi connectivity index (χ2v) is 6.47. The monoisotopic (exact) mass is 317 g/mol. The van der Waals surface area contributed by atoms with Crippen molar-refractivity contribution in [1.82, 2.24) is 15.1 Å². The molecular formula is C12H20BrN3S. The quantitative estimate of drug-likeness (QED) is 0.894. The van der Waals surface area contributed by atoms with Crippen LogP contribution in [-0.2, 0) is 6.54 Å². The van der Waals surface area contributed by atoms with Crippen molar-refractivity contribution in [3.05, 3.63) is 20.8 Å². The van der Waals surface area contributed by atoms with Crippen molar-refractivity contribution in [2.45, 2.75) is 6.54 Å². The highest BCUT2D eigenvalue weighted by Gasteiger charge is 2.10. The minimum absolute atomic E-state index is 1.06. The molecule has 17 heavy (non-hydrogen) atoms. The first-order valence-corrected chi connectivity index (χ1v) is 7.76. The van der Waals surface area contributed by atoms with E-state index in [2.05, 4.69) is 49.5 Å². The van der Waals surface area contributed by atoms with Gasteiger partial charge in [-0.3, -0.25) is 4.90 Å². The molecule has 2 heterocycles. The Morgan fingerprint density at radius 1 is 1.47 bits per heavy atom. The van der Waals surface area contributed by atoms with Crippen molar-refractivity contribution in [2.75, 3.05) is 46.3 Å². The minimum atomic E-state index is 1.06. The van der Waals surface area contributed by atoms with Crippen molar-refractivity contribution in [1.29, 1.82) is 0 Å². The smallest absolute Gasteiger partial charge is 0.0325 e. The third kappa shape index (κ3) is 4.67. The lowest BCUT2D eigenvalue weighted by molar-refractivity contribution is 0.203. The van der Waals surface area contributed by atoms with Crippen LogP contribution in [0, 0.1) is 0 Å². The Kier molecular flexibility index (Phi) is 5.44. The van der Waals surface area contributed by atoms with Gasteiger partial charge in [-0.25, -0.2) is 0 Å². The van der Waals surface area contributed by atoms with E-state index in [1.807, 2.05) is 11.3 Å². The van der Waals surface area contributed by atoms with E-state index >= 15 is 0 Å². The number of hydrogen-bond acceptors (Lipinski definition) is 4. The van der Waals surface area contributed by atoms with E-state index in [9.17, 15) is 0 Å². The number of rotatable bonds is 5. The van der Waals surface area contributed by atoms with E-state index in [1.165, 1.54) is 29.0 Å². The fourth-order valence-corrected chi connectivity index (χ4v) is 3.56. The maximum Gasteiger partial charge on any atom is 0.0325 e. The second-order valence-electron chi connectivity index (χ2n) is 4.56. The van der Waals surface area contributed by atoms with Gasteiger partial charge in [0.15, 0.2) is 0 Å². The summed E-state index contributed by atoms with van der Waals surface area (Å²) in [6.45, 7) is 8.06. The number of piperazine rings is 1. The van der Waals surface area contributed by atoms with Crippen molar-refractivity contribution in [2.24, 2.45) is 0 Å². The standard InChI is InChI=1S/C12H20BrN3S/c1-15(9-12-8-11(13)10-17-12)6-7-16-4-2-14-3-5-16/h8,10,14H,2-7,9H2,1H3. The van der Waals surface area contributed by atoms with Crippen LogP contribution in [0.2, 0.25) is 0 Å². The van der Waals surface area contributed by atoms with Crippen LogP contribution in [0.1, 0.15) is 4.88 Å². The molecule has 0 unspecified atom stereocenters. The fraction of sp³-hybridized carbons (Fsp3) is 0.667. The summed E-state index contributed by atoms with van der Waals surface area (Å²) < 4.78 is 1.20. The van der Waals surface area contributed by atoms with Crippen LogP contribution in [0.5, 0.6) is 0 Å². The lowest BCUT2D eigenvalue weighted by Gasteiger charge is -2.28. The molecule has 0 aliphatic carbocycles. The van der Waals surface area contributed by atoms with Crippen LogP contribution in [0.25, 0.3) is 0 Å². The van der Waals surface area contributed by atoms with Crippen molar-refractivity contribution in [3.63, 3.8) is 0 Å². The summed E-state index contributed by atoms with van der Waals surface area (Å²) in [7, 11) is 2.20. The number of nitrogens with one attached hydrogen (secondary N) is 1. The van der Waals surface area contributed by atoms with Crippen LogP contribution in [0.15, 0.2) is 15.9 Å². The van der Waals surface area contributed by atoms with Gasteiger partial charge in [-0.15, -0.1) is 11.3 Å². The highest BCUT2D eigenvalue weighted by atomic mass is 79.9. The van der Waals surface area contributed by atoms with Gasteiger partial charge in [-0.2, -0.15) is 0 Å². The Morgan fingerprint density at radius 3 is 2.88 bits per heavy atom. The fourth-order valence-electron chi connectivity index (χ4n) is 2.03. The van der Waals surface area contributed by atoms with Crippen LogP contribution in [0.4, 0.5) is 0 Å². The van der Waals surface area contributed by atoms with Gasteiger partial charge in [0.05, 0.1) is 0 Å². The van der Waals surface area contributed by atoms with E-state index in [4.69, 9.17) is 0 Å². The predicted molar refractivity (Wildman–Crippen MR) is 77.7 cm³/mol. The first-order chi connectivity index (χ1) is 8.24. The van der Waals surface area contributed by atoms with E-state index in [1.54, 1.807) is 0 Å². The maximum atomic E-state index is 3.50. The zero-order valence-electron chi connectivity index (χ0n) is 10.3. The highest BCUT2D eigenvalue weighted by Crippen LogP contribution is 2.20. The van der Waals surface area contributed by atoms with Gasteiger partial charge in [0.2, 0.25) is 0 Å². The van der Waals surface area contributed by atoms with Gasteiger partial charge >= 0.3 is 0 Å². The number of halogens is 1. The summed E-state index contributed by atoms with van der Waals surface area (Å²) in [6, 6.07) is 2.21. The lowest BCUT2D eigenvalue weighted by atomic mass is 10.3. The number of hydrogen-bond donors (Lipinski definition) is 1. The van der Waals surface area contributed by atoms with E-state index < -0.39 is 0 Å². The van der Waals surface area contributed by atoms with Crippen molar-refractivity contribution in [3.8, 4) is 0 Å². The van der Waals surface area contributed by atoms with Crippen LogP contribution in [-0.4, -0.2) is 56.1 Å². The summed E-state index contributed by atoms with van der Waals surface area (Å²) >= 11 is 5.33. The van der Waals surface area contributed by atoms with Gasteiger partial charge < -0.3 is 10.2 Å². The van der Waals surface area contributed by atoms with Gasteiger partial charge in [0, 0.05) is 60.5 Å². The predicted octanol–water partition coefficient (Wildman–Crippen LogP) is 1.85. The molecule has 3 nitrogen and oxygen atoms in total. The molecule has 0 amide bonds. The van der Waals surface area contributed by atoms with Gasteiger partial charge in [0.1, 0.15) is 0 Å². The number of thiophene rings is 1. The molecule has 1 aliphatic rings. The molecular weight excluding hydrogens is 298 g/mol. The van der Waals surface area contributed by atoms with E-state index in [0.717, 1.165) is 26.2 Å². The first kappa shape index (κ1) is 13.5. The second kappa shape index (κ2) is 6.85. The topological polar surface area (TPSA) is 18.5 Å². The molecule has 0 bridgehead atoms. The average Bonchev–Trinajstić information content (AvgIpc) is 2.73. The molecule has 1 aromatic rings. The normalized spacial score (nSPS) is 17.8. The molecule has 0 saturated carbocycles. The van der Waals surface area contributed by atoms with Crippen LogP contribution < -0.4 is 5.32 Å². The largest absolute Gasteiger partial charge is 0.314 e. The Morgan fingerprint density at radius 2 is 2.24 bits per heavy atom. The van der Waals surface area contributed by atoms with Gasteiger partial charge in [0.25, 0.3) is 0 Å². The molecule has 1 N–H and O–H groups in total. The molecule has 1 saturated heterocycles. The van der Waals surface area contributed by atoms with E-state index in [-0.39, 0.29) is 0 Å². The van der Waals surface area contributed by atoms with E-state index in [0.29, 0.717) is 0 Å². The maximum absolute atomic E-state index is 3.50. The molecule has 96 valence electrons. The molecule has 0 spiro atoms. The summed E-state index contributed by atoms with van der Waals surface area (Å²) in [4.78, 5) is 6.37. The SMILES string of the molecule is CN(CCN1CCNCC1)Cc1cc(Br)cs1. The highest BCUT2D eigenvalue weighted by molar-refractivity contribution is 9.10. The van der Waals surface area contributed by atoms with Crippen molar-refractivity contribution >= 4 is 27.3 Å². The molecule has 1 aromatic heterocycles. The molecule has 2 rings (SSSR count). The molecule has 0 aromatic carbocycles. The third-order valence-corrected chi connectivity index (χ3v) is 4.74. The van der Waals surface area contributed by atoms with Gasteiger partial charge in [-0.1, -0.05) is 0 Å². The Balaban J connectivity index is 1.68. The van der Waals surface area contributed by atoms with Crippen molar-refractivity contribution < 1.29 is 0 Å². The number of likely N-dealkylation sites (N-methyl/N-ethyl adjacent to an activating group) is 1. The summed E-state index contributed by atoms with van der Waals surface area (Å²) in [5, 5.41) is 5.54. The average molecular weight is 318 g/mol. The molecule has 0 radical (unpaired) electrons. The number of nitrogens with zero attached hydrogens (tertiary/aromatic N) is 2. The Bertz CT molecular complexity index is 336. The first-order valence-electron chi connectivity index (χ1n) is 6.08. The molecule has 5 heteroatoms. The molecule has 1 aliphatic heterocycles. The summed E-state index contributed by atoms with van der Waals surface area (Å²) in [6.07, 6.45) is 0. The zero-order chi connectivity index (χ0) is 12.1. The summed E-state index contributed by atoms with van der Waals surface area (Å²) in [5.41, 5.74) is 0.